The summed E-state index contributed by atoms with van der Waals surface area (Å²) in [6.07, 6.45) is 2.32. The number of amides is 1. The largest absolute Gasteiger partial charge is 0.397 e. The van der Waals surface area contributed by atoms with E-state index in [-0.39, 0.29) is 5.91 Å². The summed E-state index contributed by atoms with van der Waals surface area (Å²) in [5.74, 6) is -0.272. The molecule has 18 heavy (non-hydrogen) atoms. The molecule has 94 valence electrons. The van der Waals surface area contributed by atoms with Crippen molar-refractivity contribution in [1.29, 1.82) is 0 Å². The van der Waals surface area contributed by atoms with Gasteiger partial charge in [0.15, 0.2) is 0 Å². The number of hydrogen-bond acceptors (Lipinski definition) is 6. The van der Waals surface area contributed by atoms with Crippen molar-refractivity contribution < 1.29 is 4.79 Å². The fourth-order valence-corrected chi connectivity index (χ4v) is 2.07. The highest BCUT2D eigenvalue weighted by atomic mass is 32.1. The molecule has 0 atom stereocenters. The van der Waals surface area contributed by atoms with E-state index in [2.05, 4.69) is 20.5 Å². The second kappa shape index (κ2) is 5.09. The summed E-state index contributed by atoms with van der Waals surface area (Å²) >= 11 is 1.36. The van der Waals surface area contributed by atoms with Crippen LogP contribution in [0.1, 0.15) is 28.0 Å². The van der Waals surface area contributed by atoms with E-state index in [0.29, 0.717) is 22.1 Å². The molecule has 0 radical (unpaired) electrons. The van der Waals surface area contributed by atoms with Gasteiger partial charge in [0, 0.05) is 0 Å². The Hall–Kier alpha value is -2.02. The van der Waals surface area contributed by atoms with Crippen LogP contribution in [-0.2, 0) is 6.42 Å². The SMILES string of the molecule is CCc1nnc(NC(=O)c2cc(N)cnc2C)s1. The third-order valence-corrected chi connectivity index (χ3v) is 3.33. The van der Waals surface area contributed by atoms with Crippen LogP contribution >= 0.6 is 11.3 Å². The van der Waals surface area contributed by atoms with Crippen molar-refractivity contribution in [2.45, 2.75) is 20.3 Å². The average Bonchev–Trinajstić information content (AvgIpc) is 2.80. The van der Waals surface area contributed by atoms with Crippen molar-refractivity contribution in [3.8, 4) is 0 Å². The van der Waals surface area contributed by atoms with Gasteiger partial charge in [-0.2, -0.15) is 0 Å². The number of hydrogen-bond donors (Lipinski definition) is 2. The molecule has 7 heteroatoms. The molecule has 0 saturated heterocycles. The number of nitrogens with zero attached hydrogens (tertiary/aromatic N) is 3. The second-order valence-electron chi connectivity index (χ2n) is 3.71. The minimum Gasteiger partial charge on any atom is -0.397 e. The minimum absolute atomic E-state index is 0.272. The molecule has 0 aromatic carbocycles. The summed E-state index contributed by atoms with van der Waals surface area (Å²) in [6.45, 7) is 3.74. The van der Waals surface area contributed by atoms with E-state index in [4.69, 9.17) is 5.73 Å². The van der Waals surface area contributed by atoms with Crippen LogP contribution in [0, 0.1) is 6.92 Å². The summed E-state index contributed by atoms with van der Waals surface area (Å²) in [6, 6.07) is 1.60. The van der Waals surface area contributed by atoms with E-state index in [1.165, 1.54) is 17.5 Å². The van der Waals surface area contributed by atoms with Crippen LogP contribution in [0.2, 0.25) is 0 Å². The van der Waals surface area contributed by atoms with Gasteiger partial charge in [0.05, 0.1) is 23.1 Å². The average molecular weight is 263 g/mol. The lowest BCUT2D eigenvalue weighted by Crippen LogP contribution is -2.14. The van der Waals surface area contributed by atoms with Crippen LogP contribution in [-0.4, -0.2) is 21.1 Å². The number of nitrogen functional groups attached to an aromatic ring is 1. The van der Waals surface area contributed by atoms with Gasteiger partial charge in [-0.3, -0.25) is 15.1 Å². The predicted octanol–water partition coefficient (Wildman–Crippen LogP) is 1.64. The lowest BCUT2D eigenvalue weighted by Gasteiger charge is -2.04. The lowest BCUT2D eigenvalue weighted by molar-refractivity contribution is 0.102. The summed E-state index contributed by atoms with van der Waals surface area (Å²) in [4.78, 5) is 16.1. The molecule has 0 unspecified atom stereocenters. The first-order valence-electron chi connectivity index (χ1n) is 5.46. The molecule has 6 nitrogen and oxygen atoms in total. The van der Waals surface area contributed by atoms with E-state index in [1.54, 1.807) is 13.0 Å². The summed E-state index contributed by atoms with van der Waals surface area (Å²) in [5.41, 5.74) is 7.15. The molecule has 2 heterocycles. The van der Waals surface area contributed by atoms with Crippen LogP contribution in [0.4, 0.5) is 10.8 Å². The van der Waals surface area contributed by atoms with Gasteiger partial charge in [-0.15, -0.1) is 10.2 Å². The van der Waals surface area contributed by atoms with Gasteiger partial charge in [-0.25, -0.2) is 0 Å². The number of nitrogens with two attached hydrogens (primary N) is 1. The molecule has 0 fully saturated rings. The summed E-state index contributed by atoms with van der Waals surface area (Å²) in [5, 5.41) is 11.9. The molecule has 1 amide bonds. The van der Waals surface area contributed by atoms with Crippen LogP contribution in [0.15, 0.2) is 12.3 Å². The highest BCUT2D eigenvalue weighted by molar-refractivity contribution is 7.15. The van der Waals surface area contributed by atoms with Crippen LogP contribution in [0.3, 0.4) is 0 Å². The molecular formula is C11H13N5OS. The van der Waals surface area contributed by atoms with E-state index in [9.17, 15) is 4.79 Å². The maximum atomic E-state index is 12.0. The van der Waals surface area contributed by atoms with Crippen molar-refractivity contribution >= 4 is 28.1 Å². The fraction of sp³-hybridized carbons (Fsp3) is 0.273. The second-order valence-corrected chi connectivity index (χ2v) is 4.77. The topological polar surface area (TPSA) is 93.8 Å². The minimum atomic E-state index is -0.272. The van der Waals surface area contributed by atoms with Crippen LogP contribution in [0.25, 0.3) is 0 Å². The zero-order valence-corrected chi connectivity index (χ0v) is 10.9. The van der Waals surface area contributed by atoms with Crippen LogP contribution in [0.5, 0.6) is 0 Å². The van der Waals surface area contributed by atoms with Gasteiger partial charge < -0.3 is 5.73 Å². The number of nitrogens with one attached hydrogen (secondary N) is 1. The number of pyridine rings is 1. The first kappa shape index (κ1) is 12.4. The number of anilines is 2. The first-order chi connectivity index (χ1) is 8.60. The Kier molecular flexibility index (Phi) is 3.52. The van der Waals surface area contributed by atoms with E-state index in [1.807, 2.05) is 6.92 Å². The number of carbonyl (C=O) groups is 1. The molecule has 2 aromatic rings. The zero-order chi connectivity index (χ0) is 13.1. The molecule has 0 saturated carbocycles. The molecule has 0 aliphatic rings. The van der Waals surface area contributed by atoms with Gasteiger partial charge in [-0.05, 0) is 19.4 Å². The number of rotatable bonds is 3. The molecule has 0 aliphatic carbocycles. The summed E-state index contributed by atoms with van der Waals surface area (Å²) < 4.78 is 0. The lowest BCUT2D eigenvalue weighted by atomic mass is 10.2. The first-order valence-corrected chi connectivity index (χ1v) is 6.27. The fourth-order valence-electron chi connectivity index (χ4n) is 1.39. The Morgan fingerprint density at radius 1 is 1.50 bits per heavy atom. The van der Waals surface area contributed by atoms with Crippen molar-refractivity contribution in [2.24, 2.45) is 0 Å². The van der Waals surface area contributed by atoms with Crippen LogP contribution < -0.4 is 11.1 Å². The Morgan fingerprint density at radius 2 is 2.28 bits per heavy atom. The van der Waals surface area contributed by atoms with Crippen molar-refractivity contribution in [3.05, 3.63) is 28.5 Å². The van der Waals surface area contributed by atoms with Crippen molar-refractivity contribution in [2.75, 3.05) is 11.1 Å². The van der Waals surface area contributed by atoms with Gasteiger partial charge in [0.25, 0.3) is 5.91 Å². The standard InChI is InChI=1S/C11H13N5OS/c1-3-9-15-16-11(18-9)14-10(17)8-4-7(12)5-13-6(8)2/h4-5H,3,12H2,1-2H3,(H,14,16,17). The smallest absolute Gasteiger partial charge is 0.259 e. The maximum Gasteiger partial charge on any atom is 0.259 e. The highest BCUT2D eigenvalue weighted by Gasteiger charge is 2.13. The molecule has 2 rings (SSSR count). The Balaban J connectivity index is 2.19. The zero-order valence-electron chi connectivity index (χ0n) is 10.1. The van der Waals surface area contributed by atoms with Gasteiger partial charge in [0.2, 0.25) is 5.13 Å². The van der Waals surface area contributed by atoms with E-state index in [0.717, 1.165) is 11.4 Å². The normalized spacial score (nSPS) is 10.3. The Bertz CT molecular complexity index is 581. The number of aromatic nitrogens is 3. The number of aryl methyl sites for hydroxylation is 2. The monoisotopic (exact) mass is 263 g/mol. The van der Waals surface area contributed by atoms with E-state index >= 15 is 0 Å². The molecule has 3 N–H and O–H groups in total. The Labute approximate surface area is 108 Å². The quantitative estimate of drug-likeness (QED) is 0.878. The molecular weight excluding hydrogens is 250 g/mol. The number of carbonyl (C=O) groups excluding carboxylic acids is 1. The molecule has 2 aromatic heterocycles. The predicted molar refractivity (Wildman–Crippen MR) is 70.6 cm³/mol. The third-order valence-electron chi connectivity index (χ3n) is 2.34. The third kappa shape index (κ3) is 2.62. The molecule has 0 aliphatic heterocycles. The van der Waals surface area contributed by atoms with Crippen molar-refractivity contribution in [1.82, 2.24) is 15.2 Å². The van der Waals surface area contributed by atoms with Gasteiger partial charge >= 0.3 is 0 Å². The highest BCUT2D eigenvalue weighted by Crippen LogP contribution is 2.17. The molecule has 0 spiro atoms. The van der Waals surface area contributed by atoms with E-state index < -0.39 is 0 Å². The van der Waals surface area contributed by atoms with Gasteiger partial charge in [0.1, 0.15) is 5.01 Å². The van der Waals surface area contributed by atoms with Crippen molar-refractivity contribution in [3.63, 3.8) is 0 Å². The maximum absolute atomic E-state index is 12.0. The summed E-state index contributed by atoms with van der Waals surface area (Å²) in [7, 11) is 0. The molecule has 0 bridgehead atoms. The Morgan fingerprint density at radius 3 is 2.94 bits per heavy atom. The van der Waals surface area contributed by atoms with Gasteiger partial charge in [-0.1, -0.05) is 18.3 Å².